The summed E-state index contributed by atoms with van der Waals surface area (Å²) in [4.78, 5) is 11.7. The maximum atomic E-state index is 11.7. The highest BCUT2D eigenvalue weighted by Crippen LogP contribution is 2.23. The molecule has 0 aliphatic rings. The lowest BCUT2D eigenvalue weighted by molar-refractivity contribution is 0.0913. The van der Waals surface area contributed by atoms with Crippen molar-refractivity contribution < 1.29 is 17.9 Å². The Hall–Kier alpha value is -0.630. The van der Waals surface area contributed by atoms with E-state index in [0.717, 1.165) is 24.2 Å². The highest BCUT2D eigenvalue weighted by atomic mass is 35.7. The van der Waals surface area contributed by atoms with E-state index in [-0.39, 0.29) is 15.7 Å². The Morgan fingerprint density at radius 3 is 2.79 bits per heavy atom. The standard InChI is InChI=1S/C11H16ClNO4S2/c1-2-3-5-17-6-4-13-11(14)9-7-10(18-8-9)19(12,15)16/h7-8H,2-6H2,1H3,(H,13,14). The second-order valence-corrected chi connectivity index (χ2v) is 7.52. The molecule has 0 aliphatic carbocycles. The predicted molar refractivity (Wildman–Crippen MR) is 75.4 cm³/mol. The van der Waals surface area contributed by atoms with Gasteiger partial charge in [-0.1, -0.05) is 13.3 Å². The lowest BCUT2D eigenvalue weighted by Gasteiger charge is -2.04. The highest BCUT2D eigenvalue weighted by Gasteiger charge is 2.16. The molecule has 1 aromatic rings. The molecule has 0 aromatic carbocycles. The quantitative estimate of drug-likeness (QED) is 0.587. The van der Waals surface area contributed by atoms with Crippen molar-refractivity contribution in [2.24, 2.45) is 0 Å². The average molecular weight is 326 g/mol. The fraction of sp³-hybridized carbons (Fsp3) is 0.545. The zero-order valence-electron chi connectivity index (χ0n) is 10.5. The Morgan fingerprint density at radius 1 is 1.47 bits per heavy atom. The molecule has 0 saturated carbocycles. The fourth-order valence-corrected chi connectivity index (χ4v) is 3.20. The molecule has 1 amide bonds. The summed E-state index contributed by atoms with van der Waals surface area (Å²) in [6, 6.07) is 1.26. The van der Waals surface area contributed by atoms with E-state index in [1.165, 1.54) is 11.4 Å². The summed E-state index contributed by atoms with van der Waals surface area (Å²) in [6.45, 7) is 3.58. The van der Waals surface area contributed by atoms with Crippen LogP contribution in [0.4, 0.5) is 0 Å². The number of rotatable bonds is 8. The number of carbonyl (C=O) groups excluding carboxylic acids is 1. The summed E-state index contributed by atoms with van der Waals surface area (Å²) in [5.74, 6) is -0.332. The van der Waals surface area contributed by atoms with Crippen LogP contribution in [0.25, 0.3) is 0 Å². The minimum Gasteiger partial charge on any atom is -0.380 e. The molecule has 0 aliphatic heterocycles. The zero-order valence-corrected chi connectivity index (χ0v) is 12.9. The van der Waals surface area contributed by atoms with Gasteiger partial charge in [-0.3, -0.25) is 4.79 Å². The lowest BCUT2D eigenvalue weighted by atomic mass is 10.3. The van der Waals surface area contributed by atoms with Gasteiger partial charge in [0.1, 0.15) is 4.21 Å². The number of carbonyl (C=O) groups is 1. The Morgan fingerprint density at radius 2 is 2.21 bits per heavy atom. The van der Waals surface area contributed by atoms with Crippen LogP contribution in [0.1, 0.15) is 30.1 Å². The molecule has 19 heavy (non-hydrogen) atoms. The molecule has 0 spiro atoms. The molecule has 0 unspecified atom stereocenters. The van der Waals surface area contributed by atoms with E-state index >= 15 is 0 Å². The van der Waals surface area contributed by atoms with Crippen LogP contribution in [-0.2, 0) is 13.8 Å². The number of amides is 1. The van der Waals surface area contributed by atoms with Crippen LogP contribution in [-0.4, -0.2) is 34.1 Å². The number of nitrogens with one attached hydrogen (secondary N) is 1. The van der Waals surface area contributed by atoms with Gasteiger partial charge in [0.25, 0.3) is 15.0 Å². The van der Waals surface area contributed by atoms with Gasteiger partial charge in [-0.05, 0) is 12.5 Å². The van der Waals surface area contributed by atoms with Crippen molar-refractivity contribution in [2.75, 3.05) is 19.8 Å². The summed E-state index contributed by atoms with van der Waals surface area (Å²) in [5.41, 5.74) is 0.290. The summed E-state index contributed by atoms with van der Waals surface area (Å²) in [6.07, 6.45) is 2.06. The smallest absolute Gasteiger partial charge is 0.270 e. The third-order valence-corrected chi connectivity index (χ3v) is 5.29. The van der Waals surface area contributed by atoms with Gasteiger partial charge in [-0.2, -0.15) is 0 Å². The number of thiophene rings is 1. The first kappa shape index (κ1) is 16.4. The van der Waals surface area contributed by atoms with Crippen LogP contribution in [0, 0.1) is 0 Å². The third-order valence-electron chi connectivity index (χ3n) is 2.25. The summed E-state index contributed by atoms with van der Waals surface area (Å²) < 4.78 is 27.4. The fourth-order valence-electron chi connectivity index (χ4n) is 1.25. The minimum absolute atomic E-state index is 0.0292. The van der Waals surface area contributed by atoms with Gasteiger partial charge < -0.3 is 10.1 Å². The van der Waals surface area contributed by atoms with Crippen LogP contribution in [0.15, 0.2) is 15.7 Å². The van der Waals surface area contributed by atoms with Crippen molar-refractivity contribution in [3.8, 4) is 0 Å². The zero-order chi connectivity index (χ0) is 14.3. The number of hydrogen-bond acceptors (Lipinski definition) is 5. The summed E-state index contributed by atoms with van der Waals surface area (Å²) >= 11 is 0.923. The molecule has 108 valence electrons. The maximum absolute atomic E-state index is 11.7. The second kappa shape index (κ2) is 7.84. The Bertz CT molecular complexity index is 513. The number of hydrogen-bond donors (Lipinski definition) is 1. The van der Waals surface area contributed by atoms with Gasteiger partial charge in [0.2, 0.25) is 0 Å². The average Bonchev–Trinajstić information content (AvgIpc) is 2.82. The van der Waals surface area contributed by atoms with Gasteiger partial charge in [-0.15, -0.1) is 11.3 Å². The van der Waals surface area contributed by atoms with Crippen LogP contribution in [0.5, 0.6) is 0 Å². The topological polar surface area (TPSA) is 72.5 Å². The largest absolute Gasteiger partial charge is 0.380 e. The third kappa shape index (κ3) is 5.90. The van der Waals surface area contributed by atoms with E-state index in [0.29, 0.717) is 19.8 Å². The van der Waals surface area contributed by atoms with Crippen molar-refractivity contribution in [3.63, 3.8) is 0 Å². The molecule has 8 heteroatoms. The molecule has 1 rings (SSSR count). The monoisotopic (exact) mass is 325 g/mol. The molecule has 0 bridgehead atoms. The first-order chi connectivity index (χ1) is 8.95. The first-order valence-electron chi connectivity index (χ1n) is 5.84. The summed E-state index contributed by atoms with van der Waals surface area (Å²) in [7, 11) is 1.42. The summed E-state index contributed by atoms with van der Waals surface area (Å²) in [5, 5.41) is 4.11. The van der Waals surface area contributed by atoms with Crippen molar-refractivity contribution in [1.29, 1.82) is 0 Å². The van der Waals surface area contributed by atoms with Gasteiger partial charge in [-0.25, -0.2) is 8.42 Å². The van der Waals surface area contributed by atoms with Crippen LogP contribution in [0.3, 0.4) is 0 Å². The molecule has 0 fully saturated rings. The second-order valence-electron chi connectivity index (χ2n) is 3.81. The number of halogens is 1. The normalized spacial score (nSPS) is 11.5. The Balaban J connectivity index is 2.36. The van der Waals surface area contributed by atoms with Crippen LogP contribution < -0.4 is 5.32 Å². The molecule has 0 radical (unpaired) electrons. The van der Waals surface area contributed by atoms with Crippen molar-refractivity contribution in [1.82, 2.24) is 5.32 Å². The maximum Gasteiger partial charge on any atom is 0.270 e. The van der Waals surface area contributed by atoms with E-state index < -0.39 is 9.05 Å². The molecule has 1 aromatic heterocycles. The van der Waals surface area contributed by atoms with E-state index in [4.69, 9.17) is 15.4 Å². The van der Waals surface area contributed by atoms with E-state index in [1.807, 2.05) is 0 Å². The van der Waals surface area contributed by atoms with Crippen molar-refractivity contribution in [3.05, 3.63) is 17.0 Å². The van der Waals surface area contributed by atoms with Crippen molar-refractivity contribution in [2.45, 2.75) is 24.0 Å². The minimum atomic E-state index is -3.76. The van der Waals surface area contributed by atoms with E-state index in [9.17, 15) is 13.2 Å². The molecular weight excluding hydrogens is 310 g/mol. The van der Waals surface area contributed by atoms with E-state index in [1.54, 1.807) is 0 Å². The molecule has 0 atom stereocenters. The van der Waals surface area contributed by atoms with Gasteiger partial charge in [0.05, 0.1) is 12.2 Å². The first-order valence-corrected chi connectivity index (χ1v) is 9.03. The number of ether oxygens (including phenoxy) is 1. The Kier molecular flexibility index (Phi) is 6.78. The highest BCUT2D eigenvalue weighted by molar-refractivity contribution is 8.15. The molecule has 1 heterocycles. The molecule has 5 nitrogen and oxygen atoms in total. The van der Waals surface area contributed by atoms with Crippen molar-refractivity contribution >= 4 is 37.0 Å². The lowest BCUT2D eigenvalue weighted by Crippen LogP contribution is -2.27. The SMILES string of the molecule is CCCCOCCNC(=O)c1csc(S(=O)(=O)Cl)c1. The molecular formula is C11H16ClNO4S2. The van der Waals surface area contributed by atoms with Crippen LogP contribution >= 0.6 is 22.0 Å². The Labute approximate surface area is 121 Å². The molecule has 0 saturated heterocycles. The van der Waals surface area contributed by atoms with E-state index in [2.05, 4.69) is 12.2 Å². The van der Waals surface area contributed by atoms with Crippen LogP contribution in [0.2, 0.25) is 0 Å². The predicted octanol–water partition coefficient (Wildman–Crippen LogP) is 2.22. The van der Waals surface area contributed by atoms with Gasteiger partial charge in [0, 0.05) is 29.2 Å². The molecule has 1 N–H and O–H groups in total. The van der Waals surface area contributed by atoms with Gasteiger partial charge >= 0.3 is 0 Å². The number of unbranched alkanes of at least 4 members (excludes halogenated alkanes) is 1. The van der Waals surface area contributed by atoms with Gasteiger partial charge in [0.15, 0.2) is 0 Å².